The zero-order valence-corrected chi connectivity index (χ0v) is 13.4. The van der Waals surface area contributed by atoms with Gasteiger partial charge in [0.15, 0.2) is 6.61 Å². The molecule has 1 amide bonds. The smallest absolute Gasteiger partial charge is 0.262 e. The van der Waals surface area contributed by atoms with E-state index >= 15 is 0 Å². The number of anilines is 1. The maximum absolute atomic E-state index is 12.1. The van der Waals surface area contributed by atoms with Crippen molar-refractivity contribution >= 4 is 11.6 Å². The van der Waals surface area contributed by atoms with E-state index in [1.165, 1.54) is 5.56 Å². The van der Waals surface area contributed by atoms with Crippen LogP contribution >= 0.6 is 0 Å². The quantitative estimate of drug-likeness (QED) is 0.917. The number of carbonyl (C=O) groups excluding carboxylic acids is 1. The molecule has 1 N–H and O–H groups in total. The van der Waals surface area contributed by atoms with Crippen molar-refractivity contribution in [1.82, 2.24) is 0 Å². The van der Waals surface area contributed by atoms with Crippen molar-refractivity contribution in [2.75, 3.05) is 19.0 Å². The third kappa shape index (κ3) is 3.79. The molecular weight excluding hydrogens is 278 g/mol. The van der Waals surface area contributed by atoms with E-state index in [-0.39, 0.29) is 12.5 Å². The molecule has 0 saturated heterocycles. The molecule has 0 aliphatic heterocycles. The largest absolute Gasteiger partial charge is 0.495 e. The molecule has 22 heavy (non-hydrogen) atoms. The molecule has 0 atom stereocenters. The molecule has 0 spiro atoms. The van der Waals surface area contributed by atoms with Crippen molar-refractivity contribution in [1.29, 1.82) is 0 Å². The van der Waals surface area contributed by atoms with Gasteiger partial charge in [-0.15, -0.1) is 0 Å². The van der Waals surface area contributed by atoms with Crippen LogP contribution in [0.5, 0.6) is 11.5 Å². The van der Waals surface area contributed by atoms with Gasteiger partial charge in [-0.1, -0.05) is 29.8 Å². The van der Waals surface area contributed by atoms with Crippen molar-refractivity contribution in [2.45, 2.75) is 20.8 Å². The summed E-state index contributed by atoms with van der Waals surface area (Å²) in [5.74, 6) is 1.17. The molecule has 116 valence electrons. The highest BCUT2D eigenvalue weighted by Crippen LogP contribution is 2.25. The summed E-state index contributed by atoms with van der Waals surface area (Å²) in [6, 6.07) is 11.4. The van der Waals surface area contributed by atoms with Crippen LogP contribution in [-0.4, -0.2) is 19.6 Å². The SMILES string of the molecule is COc1ccccc1NC(=O)COc1c(C)cc(C)cc1C. The molecule has 0 radical (unpaired) electrons. The van der Waals surface area contributed by atoms with E-state index in [0.29, 0.717) is 11.4 Å². The highest BCUT2D eigenvalue weighted by Gasteiger charge is 2.10. The number of nitrogens with one attached hydrogen (secondary N) is 1. The topological polar surface area (TPSA) is 47.6 Å². The number of hydrogen-bond acceptors (Lipinski definition) is 3. The van der Waals surface area contributed by atoms with Gasteiger partial charge in [-0.05, 0) is 44.0 Å². The van der Waals surface area contributed by atoms with Crippen molar-refractivity contribution < 1.29 is 14.3 Å². The molecule has 0 fully saturated rings. The van der Waals surface area contributed by atoms with Gasteiger partial charge in [0, 0.05) is 0 Å². The van der Waals surface area contributed by atoms with Gasteiger partial charge in [0.05, 0.1) is 12.8 Å². The van der Waals surface area contributed by atoms with Crippen LogP contribution in [0.3, 0.4) is 0 Å². The summed E-state index contributed by atoms with van der Waals surface area (Å²) in [5, 5.41) is 2.79. The number of benzene rings is 2. The Morgan fingerprint density at radius 2 is 1.73 bits per heavy atom. The predicted octanol–water partition coefficient (Wildman–Crippen LogP) is 3.64. The van der Waals surface area contributed by atoms with E-state index in [2.05, 4.69) is 5.32 Å². The number of amides is 1. The Kier molecular flexibility index (Phi) is 5.04. The average Bonchev–Trinajstić information content (AvgIpc) is 2.46. The highest BCUT2D eigenvalue weighted by molar-refractivity contribution is 5.93. The van der Waals surface area contributed by atoms with Crippen LogP contribution in [0, 0.1) is 20.8 Å². The molecule has 4 heteroatoms. The Labute approximate surface area is 131 Å². The number of para-hydroxylation sites is 2. The minimum atomic E-state index is -0.219. The van der Waals surface area contributed by atoms with Gasteiger partial charge in [-0.2, -0.15) is 0 Å². The van der Waals surface area contributed by atoms with Crippen molar-refractivity contribution in [3.05, 3.63) is 53.1 Å². The minimum absolute atomic E-state index is 0.0389. The number of carbonyl (C=O) groups is 1. The maximum atomic E-state index is 12.1. The van der Waals surface area contributed by atoms with Crippen LogP contribution in [0.2, 0.25) is 0 Å². The summed E-state index contributed by atoms with van der Waals surface area (Å²) in [5.41, 5.74) is 3.88. The van der Waals surface area contributed by atoms with E-state index < -0.39 is 0 Å². The number of aryl methyl sites for hydroxylation is 3. The first-order valence-electron chi connectivity index (χ1n) is 7.14. The Balaban J connectivity index is 2.02. The summed E-state index contributed by atoms with van der Waals surface area (Å²) in [6.07, 6.45) is 0. The van der Waals surface area contributed by atoms with E-state index in [0.717, 1.165) is 16.9 Å². The molecule has 0 aliphatic rings. The second kappa shape index (κ2) is 6.98. The lowest BCUT2D eigenvalue weighted by Crippen LogP contribution is -2.21. The van der Waals surface area contributed by atoms with E-state index in [4.69, 9.17) is 9.47 Å². The Morgan fingerprint density at radius 1 is 1.09 bits per heavy atom. The van der Waals surface area contributed by atoms with Crippen molar-refractivity contribution in [3.63, 3.8) is 0 Å². The number of methoxy groups -OCH3 is 1. The fraction of sp³-hybridized carbons (Fsp3) is 0.278. The molecule has 0 aliphatic carbocycles. The molecule has 0 saturated carbocycles. The van der Waals surface area contributed by atoms with Crippen LogP contribution in [0.15, 0.2) is 36.4 Å². The average molecular weight is 299 g/mol. The fourth-order valence-corrected chi connectivity index (χ4v) is 2.47. The number of hydrogen-bond donors (Lipinski definition) is 1. The number of rotatable bonds is 5. The number of ether oxygens (including phenoxy) is 2. The van der Waals surface area contributed by atoms with Crippen molar-refractivity contribution in [2.24, 2.45) is 0 Å². The summed E-state index contributed by atoms with van der Waals surface area (Å²) in [7, 11) is 1.57. The Morgan fingerprint density at radius 3 is 2.36 bits per heavy atom. The van der Waals surface area contributed by atoms with Gasteiger partial charge in [0.2, 0.25) is 0 Å². The molecule has 2 aromatic rings. The lowest BCUT2D eigenvalue weighted by molar-refractivity contribution is -0.118. The zero-order valence-electron chi connectivity index (χ0n) is 13.4. The molecule has 0 aromatic heterocycles. The second-order valence-electron chi connectivity index (χ2n) is 5.26. The molecule has 2 aromatic carbocycles. The molecule has 4 nitrogen and oxygen atoms in total. The van der Waals surface area contributed by atoms with Gasteiger partial charge in [-0.3, -0.25) is 4.79 Å². The zero-order chi connectivity index (χ0) is 16.1. The van der Waals surface area contributed by atoms with E-state index in [1.807, 2.05) is 45.0 Å². The van der Waals surface area contributed by atoms with E-state index in [9.17, 15) is 4.79 Å². The second-order valence-corrected chi connectivity index (χ2v) is 5.26. The Hall–Kier alpha value is -2.49. The first-order valence-corrected chi connectivity index (χ1v) is 7.14. The standard InChI is InChI=1S/C18H21NO3/c1-12-9-13(2)18(14(3)10-12)22-11-17(20)19-15-7-5-6-8-16(15)21-4/h5-10H,11H2,1-4H3,(H,19,20). The molecule has 0 unspecified atom stereocenters. The van der Waals surface area contributed by atoms with Crippen LogP contribution < -0.4 is 14.8 Å². The van der Waals surface area contributed by atoms with Crippen LogP contribution in [-0.2, 0) is 4.79 Å². The van der Waals surface area contributed by atoms with Crippen LogP contribution in [0.4, 0.5) is 5.69 Å². The van der Waals surface area contributed by atoms with Crippen molar-refractivity contribution in [3.8, 4) is 11.5 Å². The molecular formula is C18H21NO3. The first-order chi connectivity index (χ1) is 10.5. The lowest BCUT2D eigenvalue weighted by Gasteiger charge is -2.14. The van der Waals surface area contributed by atoms with Gasteiger partial charge in [0.1, 0.15) is 11.5 Å². The predicted molar refractivity (Wildman–Crippen MR) is 87.8 cm³/mol. The Bertz CT molecular complexity index is 657. The van der Waals surface area contributed by atoms with Gasteiger partial charge in [-0.25, -0.2) is 0 Å². The third-order valence-corrected chi connectivity index (χ3v) is 3.33. The summed E-state index contributed by atoms with van der Waals surface area (Å²) >= 11 is 0. The summed E-state index contributed by atoms with van der Waals surface area (Å²) in [6.45, 7) is 5.96. The normalized spacial score (nSPS) is 10.2. The van der Waals surface area contributed by atoms with Gasteiger partial charge in [0.25, 0.3) is 5.91 Å². The van der Waals surface area contributed by atoms with Crippen LogP contribution in [0.25, 0.3) is 0 Å². The van der Waals surface area contributed by atoms with E-state index in [1.54, 1.807) is 19.2 Å². The van der Waals surface area contributed by atoms with Crippen LogP contribution in [0.1, 0.15) is 16.7 Å². The summed E-state index contributed by atoms with van der Waals surface area (Å²) in [4.78, 5) is 12.1. The minimum Gasteiger partial charge on any atom is -0.495 e. The highest BCUT2D eigenvalue weighted by atomic mass is 16.5. The maximum Gasteiger partial charge on any atom is 0.262 e. The molecule has 0 heterocycles. The lowest BCUT2D eigenvalue weighted by atomic mass is 10.1. The summed E-state index contributed by atoms with van der Waals surface area (Å²) < 4.78 is 10.9. The molecule has 2 rings (SSSR count). The van der Waals surface area contributed by atoms with Gasteiger partial charge < -0.3 is 14.8 Å². The monoisotopic (exact) mass is 299 g/mol. The fourth-order valence-electron chi connectivity index (χ4n) is 2.47. The molecule has 0 bridgehead atoms. The third-order valence-electron chi connectivity index (χ3n) is 3.33. The first kappa shape index (κ1) is 15.9. The van der Waals surface area contributed by atoms with Gasteiger partial charge >= 0.3 is 0 Å².